The zero-order valence-electron chi connectivity index (χ0n) is 11.0. The van der Waals surface area contributed by atoms with Gasteiger partial charge in [0.2, 0.25) is 0 Å². The van der Waals surface area contributed by atoms with Gasteiger partial charge < -0.3 is 5.11 Å². The molecule has 6 nitrogen and oxygen atoms in total. The van der Waals surface area contributed by atoms with E-state index in [2.05, 4.69) is 20.3 Å². The van der Waals surface area contributed by atoms with Crippen LogP contribution in [0.4, 0.5) is 0 Å². The van der Waals surface area contributed by atoms with Gasteiger partial charge in [0, 0.05) is 6.20 Å². The van der Waals surface area contributed by atoms with Crippen molar-refractivity contribution in [1.29, 1.82) is 0 Å². The molecule has 2 aromatic rings. The highest BCUT2D eigenvalue weighted by molar-refractivity contribution is 5.10. The van der Waals surface area contributed by atoms with Gasteiger partial charge in [0.25, 0.3) is 0 Å². The molecule has 0 amide bonds. The Balaban J connectivity index is 1.76. The first-order chi connectivity index (χ1) is 9.16. The molecule has 1 N–H and O–H groups in total. The van der Waals surface area contributed by atoms with E-state index in [0.29, 0.717) is 12.2 Å². The van der Waals surface area contributed by atoms with Gasteiger partial charge >= 0.3 is 0 Å². The lowest BCUT2D eigenvalue weighted by molar-refractivity contribution is 0.0398. The van der Waals surface area contributed by atoms with E-state index in [4.69, 9.17) is 0 Å². The maximum atomic E-state index is 10.4. The van der Waals surface area contributed by atoms with Gasteiger partial charge in [-0.1, -0.05) is 18.1 Å². The second-order valence-corrected chi connectivity index (χ2v) is 5.19. The first-order valence-electron chi connectivity index (χ1n) is 6.56. The van der Waals surface area contributed by atoms with Gasteiger partial charge in [-0.3, -0.25) is 9.97 Å². The summed E-state index contributed by atoms with van der Waals surface area (Å²) in [6.45, 7) is 2.43. The normalized spacial score (nSPS) is 17.8. The van der Waals surface area contributed by atoms with Crippen LogP contribution in [0.1, 0.15) is 42.8 Å². The zero-order chi connectivity index (χ0) is 13.3. The quantitative estimate of drug-likeness (QED) is 0.895. The van der Waals surface area contributed by atoms with Gasteiger partial charge in [-0.05, 0) is 19.8 Å². The second-order valence-electron chi connectivity index (χ2n) is 5.19. The largest absolute Gasteiger partial charge is 0.383 e. The van der Waals surface area contributed by atoms with Crippen LogP contribution in [0.25, 0.3) is 0 Å². The highest BCUT2D eigenvalue weighted by Gasteiger charge is 2.35. The summed E-state index contributed by atoms with van der Waals surface area (Å²) in [6.07, 6.45) is 8.93. The third-order valence-electron chi connectivity index (χ3n) is 3.60. The fourth-order valence-corrected chi connectivity index (χ4v) is 2.47. The summed E-state index contributed by atoms with van der Waals surface area (Å²) in [6, 6.07) is 0. The van der Waals surface area contributed by atoms with Crippen LogP contribution in [-0.2, 0) is 12.1 Å². The first-order valence-corrected chi connectivity index (χ1v) is 6.56. The maximum Gasteiger partial charge on any atom is 0.114 e. The number of nitrogens with zero attached hydrogens (tertiary/aromatic N) is 5. The van der Waals surface area contributed by atoms with Crippen LogP contribution in [0, 0.1) is 6.92 Å². The van der Waals surface area contributed by atoms with Gasteiger partial charge in [0.05, 0.1) is 30.3 Å². The topological polar surface area (TPSA) is 76.7 Å². The summed E-state index contributed by atoms with van der Waals surface area (Å²) in [5.74, 6) is 0. The minimum atomic E-state index is -0.781. The van der Waals surface area contributed by atoms with Gasteiger partial charge in [-0.2, -0.15) is 0 Å². The average molecular weight is 259 g/mol. The lowest BCUT2D eigenvalue weighted by atomic mass is 9.99. The molecule has 6 heteroatoms. The van der Waals surface area contributed by atoms with Crippen molar-refractivity contribution in [3.63, 3.8) is 0 Å². The molecule has 0 atom stereocenters. The Labute approximate surface area is 111 Å². The molecule has 100 valence electrons. The molecular weight excluding hydrogens is 242 g/mol. The Kier molecular flexibility index (Phi) is 3.02. The average Bonchev–Trinajstić information content (AvgIpc) is 3.02. The summed E-state index contributed by atoms with van der Waals surface area (Å²) in [5.41, 5.74) is 1.62. The SMILES string of the molecule is Cc1cnc(Cn2cc(C3(O)CCCC3)nn2)cn1. The van der Waals surface area contributed by atoms with Crippen LogP contribution in [0.5, 0.6) is 0 Å². The summed E-state index contributed by atoms with van der Waals surface area (Å²) >= 11 is 0. The van der Waals surface area contributed by atoms with Crippen molar-refractivity contribution >= 4 is 0 Å². The molecule has 2 heterocycles. The van der Waals surface area contributed by atoms with Crippen LogP contribution in [0.15, 0.2) is 18.6 Å². The fourth-order valence-electron chi connectivity index (χ4n) is 2.47. The van der Waals surface area contributed by atoms with Crippen LogP contribution < -0.4 is 0 Å². The molecule has 3 rings (SSSR count). The molecule has 0 aliphatic heterocycles. The molecule has 0 aromatic carbocycles. The van der Waals surface area contributed by atoms with E-state index in [1.165, 1.54) is 0 Å². The summed E-state index contributed by atoms with van der Waals surface area (Å²) < 4.78 is 1.70. The van der Waals surface area contributed by atoms with Crippen molar-refractivity contribution in [2.75, 3.05) is 0 Å². The van der Waals surface area contributed by atoms with Gasteiger partial charge in [0.1, 0.15) is 11.3 Å². The first kappa shape index (κ1) is 12.2. The molecule has 1 aliphatic rings. The highest BCUT2D eigenvalue weighted by Crippen LogP contribution is 2.37. The summed E-state index contributed by atoms with van der Waals surface area (Å²) in [5, 5.41) is 18.6. The number of hydrogen-bond donors (Lipinski definition) is 1. The van der Waals surface area contributed by atoms with E-state index < -0.39 is 5.60 Å². The van der Waals surface area contributed by atoms with E-state index in [1.54, 1.807) is 17.1 Å². The van der Waals surface area contributed by atoms with Crippen molar-refractivity contribution in [3.8, 4) is 0 Å². The van der Waals surface area contributed by atoms with Crippen LogP contribution in [0.3, 0.4) is 0 Å². The fraction of sp³-hybridized carbons (Fsp3) is 0.538. The molecule has 2 aromatic heterocycles. The van der Waals surface area contributed by atoms with E-state index in [1.807, 2.05) is 13.1 Å². The Bertz CT molecular complexity index is 557. The summed E-state index contributed by atoms with van der Waals surface area (Å²) in [4.78, 5) is 8.48. The molecule has 19 heavy (non-hydrogen) atoms. The summed E-state index contributed by atoms with van der Waals surface area (Å²) in [7, 11) is 0. The minimum absolute atomic E-state index is 0.524. The number of aryl methyl sites for hydroxylation is 1. The van der Waals surface area contributed by atoms with E-state index in [9.17, 15) is 5.11 Å². The molecule has 0 bridgehead atoms. The van der Waals surface area contributed by atoms with E-state index in [-0.39, 0.29) is 0 Å². The lowest BCUT2D eigenvalue weighted by Gasteiger charge is -2.17. The number of hydrogen-bond acceptors (Lipinski definition) is 5. The molecule has 1 saturated carbocycles. The van der Waals surface area contributed by atoms with Gasteiger partial charge in [-0.25, -0.2) is 4.68 Å². The van der Waals surface area contributed by atoms with E-state index in [0.717, 1.165) is 37.1 Å². The maximum absolute atomic E-state index is 10.4. The molecular formula is C13H17N5O. The molecule has 1 aliphatic carbocycles. The van der Waals surface area contributed by atoms with Crippen LogP contribution >= 0.6 is 0 Å². The standard InChI is InChI=1S/C13H17N5O/c1-10-6-15-11(7-14-10)8-18-9-12(16-17-18)13(19)4-2-3-5-13/h6-7,9,19H,2-5,8H2,1H3. The Morgan fingerprint density at radius 2 is 2.05 bits per heavy atom. The second kappa shape index (κ2) is 4.70. The predicted octanol–water partition coefficient (Wildman–Crippen LogP) is 1.19. The number of rotatable bonds is 3. The Hall–Kier alpha value is -1.82. The van der Waals surface area contributed by atoms with Crippen LogP contribution in [-0.4, -0.2) is 30.1 Å². The molecule has 0 unspecified atom stereocenters. The van der Waals surface area contributed by atoms with Gasteiger partial charge in [-0.15, -0.1) is 5.10 Å². The van der Waals surface area contributed by atoms with Crippen molar-refractivity contribution in [2.45, 2.75) is 44.8 Å². The molecule has 0 radical (unpaired) electrons. The van der Waals surface area contributed by atoms with Crippen molar-refractivity contribution in [3.05, 3.63) is 35.7 Å². The minimum Gasteiger partial charge on any atom is -0.383 e. The zero-order valence-corrected chi connectivity index (χ0v) is 11.0. The third-order valence-corrected chi connectivity index (χ3v) is 3.60. The van der Waals surface area contributed by atoms with Crippen LogP contribution in [0.2, 0.25) is 0 Å². The molecule has 0 spiro atoms. The number of aromatic nitrogens is 5. The molecule has 1 fully saturated rings. The Morgan fingerprint density at radius 3 is 2.74 bits per heavy atom. The molecule has 0 saturated heterocycles. The van der Waals surface area contributed by atoms with Crippen molar-refractivity contribution < 1.29 is 5.11 Å². The Morgan fingerprint density at radius 1 is 1.26 bits per heavy atom. The predicted molar refractivity (Wildman–Crippen MR) is 68.3 cm³/mol. The highest BCUT2D eigenvalue weighted by atomic mass is 16.3. The monoisotopic (exact) mass is 259 g/mol. The lowest BCUT2D eigenvalue weighted by Crippen LogP contribution is -2.21. The van der Waals surface area contributed by atoms with E-state index >= 15 is 0 Å². The smallest absolute Gasteiger partial charge is 0.114 e. The van der Waals surface area contributed by atoms with Crippen molar-refractivity contribution in [2.24, 2.45) is 0 Å². The van der Waals surface area contributed by atoms with Crippen molar-refractivity contribution in [1.82, 2.24) is 25.0 Å². The number of aliphatic hydroxyl groups is 1. The third kappa shape index (κ3) is 2.49. The van der Waals surface area contributed by atoms with Gasteiger partial charge in [0.15, 0.2) is 0 Å².